The molecule has 7 N–H and O–H groups in total. The van der Waals surface area contributed by atoms with Crippen molar-refractivity contribution in [2.24, 2.45) is 28.5 Å². The maximum absolute atomic E-state index is 11.9. The minimum Gasteiger partial charge on any atom is -0.390 e. The first-order valence-corrected chi connectivity index (χ1v) is 14.6. The second kappa shape index (κ2) is 11.8. The number of para-hydroxylation sites is 1. The Labute approximate surface area is 237 Å². The Kier molecular flexibility index (Phi) is 8.36. The molecule has 6 atom stereocenters. The van der Waals surface area contributed by atoms with Crippen molar-refractivity contribution in [3.05, 3.63) is 84.1 Å². The lowest BCUT2D eigenvalue weighted by molar-refractivity contribution is -0.0991. The predicted molar refractivity (Wildman–Crippen MR) is 161 cm³/mol. The Morgan fingerprint density at radius 1 is 1.10 bits per heavy atom. The number of allylic oxidation sites excluding steroid dienone is 1. The van der Waals surface area contributed by atoms with Crippen LogP contribution in [0.2, 0.25) is 0 Å². The van der Waals surface area contributed by atoms with Crippen molar-refractivity contribution in [2.45, 2.75) is 69.2 Å². The number of nitrogens with one attached hydrogen (secondary N) is 2. The number of aromatic amines is 1. The van der Waals surface area contributed by atoms with Gasteiger partial charge in [0.15, 0.2) is 5.96 Å². The van der Waals surface area contributed by atoms with E-state index in [4.69, 9.17) is 5.73 Å². The molecule has 214 valence electrons. The average Bonchev–Trinajstić information content (AvgIpc) is 3.40. The van der Waals surface area contributed by atoms with E-state index in [-0.39, 0.29) is 24.2 Å². The van der Waals surface area contributed by atoms with Crippen molar-refractivity contribution in [3.63, 3.8) is 0 Å². The Balaban J connectivity index is 1.24. The monoisotopic (exact) mass is 544 g/mol. The number of aromatic nitrogens is 1. The number of nitrogens with zero attached hydrogens (tertiary/aromatic N) is 1. The second-order valence-corrected chi connectivity index (χ2v) is 12.2. The molecule has 3 aromatic rings. The van der Waals surface area contributed by atoms with Crippen LogP contribution in [-0.4, -0.2) is 56.7 Å². The van der Waals surface area contributed by atoms with Gasteiger partial charge in [-0.05, 0) is 86.3 Å². The molecule has 2 fully saturated rings. The largest absolute Gasteiger partial charge is 0.390 e. The van der Waals surface area contributed by atoms with Crippen LogP contribution in [0, 0.1) is 17.8 Å². The molecule has 0 saturated heterocycles. The molecule has 5 rings (SSSR count). The summed E-state index contributed by atoms with van der Waals surface area (Å²) in [5.41, 5.74) is 8.34. The first kappa shape index (κ1) is 28.4. The fraction of sp³-hybridized carbons (Fsp3) is 0.485. The third-order valence-electron chi connectivity index (χ3n) is 9.46. The maximum atomic E-state index is 11.9. The number of benzene rings is 2. The normalized spacial score (nSPS) is 30.6. The summed E-state index contributed by atoms with van der Waals surface area (Å²) in [6, 6.07) is 20.6. The van der Waals surface area contributed by atoms with Crippen molar-refractivity contribution in [2.75, 3.05) is 13.1 Å². The van der Waals surface area contributed by atoms with Crippen LogP contribution < -0.4 is 11.1 Å². The molecule has 0 aliphatic heterocycles. The topological polar surface area (TPSA) is 127 Å². The van der Waals surface area contributed by atoms with E-state index >= 15 is 0 Å². The quantitative estimate of drug-likeness (QED) is 0.137. The van der Waals surface area contributed by atoms with E-state index in [2.05, 4.69) is 52.2 Å². The van der Waals surface area contributed by atoms with Gasteiger partial charge in [0.1, 0.15) is 0 Å². The third kappa shape index (κ3) is 6.12. The lowest BCUT2D eigenvalue weighted by Gasteiger charge is -2.38. The molecule has 2 aromatic carbocycles. The van der Waals surface area contributed by atoms with Gasteiger partial charge in [0.2, 0.25) is 0 Å². The van der Waals surface area contributed by atoms with Crippen LogP contribution in [0.4, 0.5) is 0 Å². The van der Waals surface area contributed by atoms with Crippen LogP contribution >= 0.6 is 0 Å². The molecule has 0 spiro atoms. The van der Waals surface area contributed by atoms with E-state index in [1.54, 1.807) is 0 Å². The lowest BCUT2D eigenvalue weighted by Crippen LogP contribution is -2.47. The van der Waals surface area contributed by atoms with Crippen molar-refractivity contribution in [3.8, 4) is 0 Å². The van der Waals surface area contributed by atoms with Crippen molar-refractivity contribution in [1.82, 2.24) is 10.3 Å². The lowest BCUT2D eigenvalue weighted by atomic mass is 9.73. The fourth-order valence-corrected chi connectivity index (χ4v) is 7.07. The number of aliphatic hydroxyl groups excluding tert-OH is 1. The first-order valence-electron chi connectivity index (χ1n) is 14.6. The highest BCUT2D eigenvalue weighted by atomic mass is 16.3. The molecule has 2 aliphatic carbocycles. The first-order chi connectivity index (χ1) is 19.2. The SMILES string of the molecule is C=C(Cc1cc2ccccc2[nH]1)[C@H]1CC[C@@](C)(O)[C@H]2C[C@@H](O)[C@@](O)(CCN=C(N)NCCc3ccccc3)[C@H]2C1. The molecule has 7 nitrogen and oxygen atoms in total. The molecule has 0 bridgehead atoms. The summed E-state index contributed by atoms with van der Waals surface area (Å²) in [6.45, 7) is 7.28. The molecular weight excluding hydrogens is 500 g/mol. The molecule has 0 unspecified atom stereocenters. The highest BCUT2D eigenvalue weighted by molar-refractivity contribution is 5.80. The minimum atomic E-state index is -1.34. The Morgan fingerprint density at radius 3 is 2.62 bits per heavy atom. The van der Waals surface area contributed by atoms with E-state index in [9.17, 15) is 15.3 Å². The molecule has 0 radical (unpaired) electrons. The molecule has 2 saturated carbocycles. The summed E-state index contributed by atoms with van der Waals surface area (Å²) >= 11 is 0. The van der Waals surface area contributed by atoms with Crippen LogP contribution in [0.25, 0.3) is 10.9 Å². The standard InChI is InChI=1S/C33H44N4O3/c1-22(18-26-19-25-10-6-7-11-29(25)37-26)24-12-14-32(2,39)27-21-30(38)33(40,28(27)20-24)15-17-36-31(34)35-16-13-23-8-4-3-5-9-23/h3-11,19,24,27-28,30,37-40H,1,12-18,20-21H2,2H3,(H3,34,35,36)/t24-,27-,28-,30+,32+,33+/m0/s1. The molecular formula is C33H44N4O3. The van der Waals surface area contributed by atoms with Gasteiger partial charge < -0.3 is 31.4 Å². The zero-order chi connectivity index (χ0) is 28.3. The smallest absolute Gasteiger partial charge is 0.188 e. The zero-order valence-corrected chi connectivity index (χ0v) is 23.5. The second-order valence-electron chi connectivity index (χ2n) is 12.2. The van der Waals surface area contributed by atoms with Crippen LogP contribution in [-0.2, 0) is 12.8 Å². The predicted octanol–water partition coefficient (Wildman–Crippen LogP) is 4.08. The Morgan fingerprint density at radius 2 is 1.85 bits per heavy atom. The summed E-state index contributed by atoms with van der Waals surface area (Å²) in [7, 11) is 0. The Hall–Kier alpha value is -3.13. The van der Waals surface area contributed by atoms with E-state index in [0.29, 0.717) is 38.3 Å². The van der Waals surface area contributed by atoms with Crippen LogP contribution in [0.15, 0.2) is 77.8 Å². The summed E-state index contributed by atoms with van der Waals surface area (Å²) < 4.78 is 0. The van der Waals surface area contributed by atoms with Gasteiger partial charge >= 0.3 is 0 Å². The number of guanidine groups is 1. The van der Waals surface area contributed by atoms with Crippen LogP contribution in [0.3, 0.4) is 0 Å². The molecule has 2 aliphatic rings. The van der Waals surface area contributed by atoms with Gasteiger partial charge in [0, 0.05) is 30.7 Å². The average molecular weight is 545 g/mol. The number of hydrogen-bond acceptors (Lipinski definition) is 4. The number of fused-ring (bicyclic) bond motifs is 2. The van der Waals surface area contributed by atoms with E-state index < -0.39 is 17.3 Å². The van der Waals surface area contributed by atoms with Gasteiger partial charge in [-0.1, -0.05) is 60.7 Å². The number of H-pyrrole nitrogens is 1. The van der Waals surface area contributed by atoms with Crippen LogP contribution in [0.1, 0.15) is 50.3 Å². The number of aliphatic hydroxyl groups is 3. The highest BCUT2D eigenvalue weighted by Gasteiger charge is 2.59. The molecule has 7 heteroatoms. The Bertz CT molecular complexity index is 1300. The summed E-state index contributed by atoms with van der Waals surface area (Å²) in [6.07, 6.45) is 3.40. The number of rotatable bonds is 9. The number of aliphatic imine (C=N–C) groups is 1. The number of hydrogen-bond donors (Lipinski definition) is 6. The van der Waals surface area contributed by atoms with Crippen molar-refractivity contribution < 1.29 is 15.3 Å². The summed E-state index contributed by atoms with van der Waals surface area (Å²) in [5, 5.41) is 38.8. The minimum absolute atomic E-state index is 0.137. The van der Waals surface area contributed by atoms with Gasteiger partial charge in [-0.2, -0.15) is 0 Å². The van der Waals surface area contributed by atoms with E-state index in [1.165, 1.54) is 10.9 Å². The van der Waals surface area contributed by atoms with E-state index in [0.717, 1.165) is 36.0 Å². The summed E-state index contributed by atoms with van der Waals surface area (Å²) in [5.74, 6) is 0.0228. The van der Waals surface area contributed by atoms with Gasteiger partial charge in [0.05, 0.1) is 17.3 Å². The molecule has 1 heterocycles. The van der Waals surface area contributed by atoms with E-state index in [1.807, 2.05) is 37.3 Å². The molecule has 1 aromatic heterocycles. The van der Waals surface area contributed by atoms with Gasteiger partial charge in [-0.15, -0.1) is 0 Å². The van der Waals surface area contributed by atoms with Crippen molar-refractivity contribution >= 4 is 16.9 Å². The molecule has 40 heavy (non-hydrogen) atoms. The molecule has 0 amide bonds. The van der Waals surface area contributed by atoms with Crippen molar-refractivity contribution in [1.29, 1.82) is 0 Å². The third-order valence-corrected chi connectivity index (χ3v) is 9.46. The summed E-state index contributed by atoms with van der Waals surface area (Å²) in [4.78, 5) is 7.95. The van der Waals surface area contributed by atoms with Crippen LogP contribution in [0.5, 0.6) is 0 Å². The fourth-order valence-electron chi connectivity index (χ4n) is 7.07. The zero-order valence-electron chi connectivity index (χ0n) is 23.5. The van der Waals surface area contributed by atoms with Gasteiger partial charge in [-0.25, -0.2) is 0 Å². The maximum Gasteiger partial charge on any atom is 0.188 e. The van der Waals surface area contributed by atoms with Gasteiger partial charge in [-0.3, -0.25) is 4.99 Å². The number of nitrogens with two attached hydrogens (primary N) is 1. The van der Waals surface area contributed by atoms with Gasteiger partial charge in [0.25, 0.3) is 0 Å². The highest BCUT2D eigenvalue weighted by Crippen LogP contribution is 2.54.